The van der Waals surface area contributed by atoms with Gasteiger partial charge in [0, 0.05) is 31.8 Å². The van der Waals surface area contributed by atoms with E-state index in [-0.39, 0.29) is 37.0 Å². The highest BCUT2D eigenvalue weighted by molar-refractivity contribution is 5.97. The molecule has 2 aliphatic rings. The molecular weight excluding hydrogens is 300 g/mol. The van der Waals surface area contributed by atoms with Crippen LogP contribution in [0.1, 0.15) is 13.3 Å². The lowest BCUT2D eigenvalue weighted by Gasteiger charge is -2.23. The average molecular weight is 320 g/mol. The molecule has 0 bridgehead atoms. The van der Waals surface area contributed by atoms with Gasteiger partial charge in [0.15, 0.2) is 11.5 Å². The predicted molar refractivity (Wildman–Crippen MR) is 82.4 cm³/mol. The van der Waals surface area contributed by atoms with E-state index in [1.54, 1.807) is 30.2 Å². The number of methoxy groups -OCH3 is 1. The maximum absolute atomic E-state index is 12.4. The van der Waals surface area contributed by atoms with E-state index >= 15 is 0 Å². The standard InChI is InChI=1S/C16H20N2O5/c1-10(8-21-2)18-7-11(5-15(18)19)16(20)17-12-3-4-13-14(6-12)23-9-22-13/h3-4,6,10-11H,5,7-9H2,1-2H3,(H,17,20)/t10-,11-/m1/s1. The number of nitrogens with zero attached hydrogens (tertiary/aromatic N) is 1. The summed E-state index contributed by atoms with van der Waals surface area (Å²) in [4.78, 5) is 26.2. The minimum Gasteiger partial charge on any atom is -0.454 e. The zero-order valence-corrected chi connectivity index (χ0v) is 13.2. The van der Waals surface area contributed by atoms with Gasteiger partial charge in [0.25, 0.3) is 0 Å². The van der Waals surface area contributed by atoms with Crippen molar-refractivity contribution in [3.8, 4) is 11.5 Å². The van der Waals surface area contributed by atoms with Gasteiger partial charge in [-0.3, -0.25) is 9.59 Å². The molecule has 2 amide bonds. The number of rotatable bonds is 5. The fourth-order valence-corrected chi connectivity index (χ4v) is 2.88. The highest BCUT2D eigenvalue weighted by atomic mass is 16.7. The van der Waals surface area contributed by atoms with Crippen LogP contribution in [0, 0.1) is 5.92 Å². The first-order valence-corrected chi connectivity index (χ1v) is 7.57. The van der Waals surface area contributed by atoms with E-state index in [1.165, 1.54) is 0 Å². The molecule has 1 N–H and O–H groups in total. The van der Waals surface area contributed by atoms with E-state index in [1.807, 2.05) is 6.92 Å². The summed E-state index contributed by atoms with van der Waals surface area (Å²) in [5, 5.41) is 2.84. The van der Waals surface area contributed by atoms with Crippen LogP contribution < -0.4 is 14.8 Å². The molecule has 7 heteroatoms. The van der Waals surface area contributed by atoms with E-state index in [9.17, 15) is 9.59 Å². The summed E-state index contributed by atoms with van der Waals surface area (Å²) >= 11 is 0. The predicted octanol–water partition coefficient (Wildman–Crippen LogP) is 1.24. The number of anilines is 1. The Kier molecular flexibility index (Phi) is 4.38. The van der Waals surface area contributed by atoms with Crippen molar-refractivity contribution in [3.63, 3.8) is 0 Å². The molecule has 0 aliphatic carbocycles. The highest BCUT2D eigenvalue weighted by Crippen LogP contribution is 2.34. The van der Waals surface area contributed by atoms with Crippen LogP contribution in [-0.2, 0) is 14.3 Å². The number of carbonyl (C=O) groups is 2. The van der Waals surface area contributed by atoms with Gasteiger partial charge in [-0.15, -0.1) is 0 Å². The Morgan fingerprint density at radius 1 is 1.43 bits per heavy atom. The third kappa shape index (κ3) is 3.24. The maximum atomic E-state index is 12.4. The molecule has 0 aromatic heterocycles. The lowest BCUT2D eigenvalue weighted by Crippen LogP contribution is -2.38. The van der Waals surface area contributed by atoms with Crippen LogP contribution in [0.15, 0.2) is 18.2 Å². The van der Waals surface area contributed by atoms with Crippen molar-refractivity contribution in [2.45, 2.75) is 19.4 Å². The number of benzene rings is 1. The zero-order valence-electron chi connectivity index (χ0n) is 13.2. The number of nitrogens with one attached hydrogen (secondary N) is 1. The number of hydrogen-bond acceptors (Lipinski definition) is 5. The summed E-state index contributed by atoms with van der Waals surface area (Å²) in [5.74, 6) is 0.746. The second kappa shape index (κ2) is 6.45. The van der Waals surface area contributed by atoms with Crippen LogP contribution in [0.5, 0.6) is 11.5 Å². The van der Waals surface area contributed by atoms with Gasteiger partial charge in [-0.05, 0) is 19.1 Å². The number of hydrogen-bond donors (Lipinski definition) is 1. The molecule has 0 radical (unpaired) electrons. The normalized spacial score (nSPS) is 20.7. The monoisotopic (exact) mass is 320 g/mol. The van der Waals surface area contributed by atoms with Crippen molar-refractivity contribution in [1.82, 2.24) is 4.90 Å². The van der Waals surface area contributed by atoms with E-state index < -0.39 is 0 Å². The van der Waals surface area contributed by atoms with Gasteiger partial charge in [0.1, 0.15) is 0 Å². The second-order valence-corrected chi connectivity index (χ2v) is 5.81. The molecule has 0 spiro atoms. The molecule has 1 aromatic carbocycles. The number of likely N-dealkylation sites (tertiary alicyclic amines) is 1. The SMILES string of the molecule is COC[C@@H](C)N1C[C@H](C(=O)Nc2ccc3c(c2)OCO3)CC1=O. The minimum atomic E-state index is -0.354. The third-order valence-electron chi connectivity index (χ3n) is 4.11. The van der Waals surface area contributed by atoms with Gasteiger partial charge < -0.3 is 24.4 Å². The summed E-state index contributed by atoms with van der Waals surface area (Å²) in [6.07, 6.45) is 0.227. The van der Waals surface area contributed by atoms with Crippen molar-refractivity contribution in [2.75, 3.05) is 32.4 Å². The van der Waals surface area contributed by atoms with Crippen molar-refractivity contribution < 1.29 is 23.8 Å². The Balaban J connectivity index is 1.62. The minimum absolute atomic E-state index is 0.0135. The lowest BCUT2D eigenvalue weighted by atomic mass is 10.1. The second-order valence-electron chi connectivity index (χ2n) is 5.81. The van der Waals surface area contributed by atoms with Crippen LogP contribution in [0.2, 0.25) is 0 Å². The van der Waals surface area contributed by atoms with Crippen LogP contribution in [-0.4, -0.2) is 49.8 Å². The van der Waals surface area contributed by atoms with E-state index in [0.717, 1.165) is 0 Å². The van der Waals surface area contributed by atoms with E-state index in [0.29, 0.717) is 30.3 Å². The van der Waals surface area contributed by atoms with Gasteiger partial charge >= 0.3 is 0 Å². The maximum Gasteiger partial charge on any atom is 0.231 e. The van der Waals surface area contributed by atoms with Gasteiger partial charge in [0.2, 0.25) is 18.6 Å². The van der Waals surface area contributed by atoms with Crippen molar-refractivity contribution in [3.05, 3.63) is 18.2 Å². The van der Waals surface area contributed by atoms with Gasteiger partial charge in [-0.1, -0.05) is 0 Å². The van der Waals surface area contributed by atoms with Crippen LogP contribution in [0.25, 0.3) is 0 Å². The van der Waals surface area contributed by atoms with Crippen molar-refractivity contribution in [2.24, 2.45) is 5.92 Å². The number of amides is 2. The first-order chi connectivity index (χ1) is 11.1. The summed E-state index contributed by atoms with van der Waals surface area (Å²) in [5.41, 5.74) is 0.634. The number of fused-ring (bicyclic) bond motifs is 1. The summed E-state index contributed by atoms with van der Waals surface area (Å²) in [7, 11) is 1.60. The largest absolute Gasteiger partial charge is 0.454 e. The Bertz CT molecular complexity index is 618. The van der Waals surface area contributed by atoms with Crippen molar-refractivity contribution >= 4 is 17.5 Å². The van der Waals surface area contributed by atoms with Gasteiger partial charge in [-0.2, -0.15) is 0 Å². The van der Waals surface area contributed by atoms with Crippen LogP contribution >= 0.6 is 0 Å². The lowest BCUT2D eigenvalue weighted by molar-refractivity contribution is -0.130. The highest BCUT2D eigenvalue weighted by Gasteiger charge is 2.36. The smallest absolute Gasteiger partial charge is 0.231 e. The van der Waals surface area contributed by atoms with Crippen LogP contribution in [0.3, 0.4) is 0 Å². The molecule has 124 valence electrons. The van der Waals surface area contributed by atoms with Gasteiger partial charge in [0.05, 0.1) is 18.6 Å². The Labute approximate surface area is 134 Å². The molecular formula is C16H20N2O5. The number of ether oxygens (including phenoxy) is 3. The quantitative estimate of drug-likeness (QED) is 0.883. The molecule has 2 atom stereocenters. The first-order valence-electron chi connectivity index (χ1n) is 7.57. The molecule has 1 saturated heterocycles. The van der Waals surface area contributed by atoms with Crippen LogP contribution in [0.4, 0.5) is 5.69 Å². The summed E-state index contributed by atoms with van der Waals surface area (Å²) < 4.78 is 15.6. The zero-order chi connectivity index (χ0) is 16.4. The number of carbonyl (C=O) groups excluding carboxylic acids is 2. The fraction of sp³-hybridized carbons (Fsp3) is 0.500. The summed E-state index contributed by atoms with van der Waals surface area (Å²) in [6.45, 7) is 2.98. The molecule has 3 rings (SSSR count). The van der Waals surface area contributed by atoms with Gasteiger partial charge in [-0.25, -0.2) is 0 Å². The first kappa shape index (κ1) is 15.6. The van der Waals surface area contributed by atoms with E-state index in [4.69, 9.17) is 14.2 Å². The Morgan fingerprint density at radius 2 is 2.22 bits per heavy atom. The molecule has 23 heavy (non-hydrogen) atoms. The van der Waals surface area contributed by atoms with E-state index in [2.05, 4.69) is 5.32 Å². The summed E-state index contributed by atoms with van der Waals surface area (Å²) in [6, 6.07) is 5.21. The topological polar surface area (TPSA) is 77.1 Å². The third-order valence-corrected chi connectivity index (χ3v) is 4.11. The molecule has 1 aromatic rings. The van der Waals surface area contributed by atoms with Crippen molar-refractivity contribution in [1.29, 1.82) is 0 Å². The molecule has 2 heterocycles. The molecule has 7 nitrogen and oxygen atoms in total. The fourth-order valence-electron chi connectivity index (χ4n) is 2.88. The molecule has 1 fully saturated rings. The molecule has 0 unspecified atom stereocenters. The molecule has 2 aliphatic heterocycles. The Morgan fingerprint density at radius 3 is 3.00 bits per heavy atom. The Hall–Kier alpha value is -2.28. The molecule has 0 saturated carbocycles. The average Bonchev–Trinajstić information content (AvgIpc) is 3.13.